The van der Waals surface area contributed by atoms with Gasteiger partial charge in [0.1, 0.15) is 10.3 Å². The van der Waals surface area contributed by atoms with Crippen molar-refractivity contribution in [1.82, 2.24) is 4.90 Å². The average Bonchev–Trinajstić information content (AvgIpc) is 3.37. The predicted octanol–water partition coefficient (Wildman–Crippen LogP) is 5.85. The van der Waals surface area contributed by atoms with E-state index in [2.05, 4.69) is 0 Å². The average molecular weight is 686 g/mol. The highest BCUT2D eigenvalue weighted by molar-refractivity contribution is 7.92. The molecule has 2 fully saturated rings. The van der Waals surface area contributed by atoms with Gasteiger partial charge in [-0.1, -0.05) is 29.8 Å². The number of benzene rings is 2. The highest BCUT2D eigenvalue weighted by Gasteiger charge is 2.74. The standard InChI is InChI=1S/C29H27ClF7NO6S/c30-19-3-5-20(6-4-19)45(43,44)26-13-14-38(24(41)25(42)11-9-16(10-12-25)23(39)40)22(26)8-1-17-15-18(2-7-21(17)26)27(31,28(32,33)34)29(35,36)37/h2-7,15-16,22,42H,1,8-14H2,(H,39,40). The molecule has 2 unspecified atom stereocenters. The smallest absolute Gasteiger partial charge is 0.435 e. The van der Waals surface area contributed by atoms with Gasteiger partial charge in [-0.2, -0.15) is 26.3 Å². The summed E-state index contributed by atoms with van der Waals surface area (Å²) in [6.45, 7) is -0.250. The number of carboxylic acid groups (broad SMARTS) is 1. The van der Waals surface area contributed by atoms with E-state index < -0.39 is 67.6 Å². The molecule has 45 heavy (non-hydrogen) atoms. The number of likely N-dealkylation sites (tertiary alicyclic amines) is 1. The van der Waals surface area contributed by atoms with Gasteiger partial charge in [-0.25, -0.2) is 12.8 Å². The lowest BCUT2D eigenvalue weighted by Gasteiger charge is -2.45. The maximum Gasteiger partial charge on any atom is 0.435 e. The van der Waals surface area contributed by atoms with Gasteiger partial charge in [0.15, 0.2) is 9.84 Å². The number of hydrogen-bond donors (Lipinski definition) is 2. The second kappa shape index (κ2) is 10.8. The molecule has 0 spiro atoms. The lowest BCUT2D eigenvalue weighted by molar-refractivity contribution is -0.348. The fourth-order valence-electron chi connectivity index (χ4n) is 7.12. The zero-order valence-electron chi connectivity index (χ0n) is 23.3. The van der Waals surface area contributed by atoms with Crippen molar-refractivity contribution in [3.8, 4) is 0 Å². The first-order chi connectivity index (χ1) is 20.7. The predicted molar refractivity (Wildman–Crippen MR) is 145 cm³/mol. The van der Waals surface area contributed by atoms with Crippen LogP contribution in [0.1, 0.15) is 55.2 Å². The highest BCUT2D eigenvalue weighted by Crippen LogP contribution is 2.57. The van der Waals surface area contributed by atoms with E-state index in [1.54, 1.807) is 0 Å². The van der Waals surface area contributed by atoms with Crippen LogP contribution >= 0.6 is 11.6 Å². The summed E-state index contributed by atoms with van der Waals surface area (Å²) in [5, 5.41) is 20.8. The number of carbonyl (C=O) groups is 2. The van der Waals surface area contributed by atoms with Crippen molar-refractivity contribution in [1.29, 1.82) is 0 Å². The van der Waals surface area contributed by atoms with Crippen LogP contribution < -0.4 is 0 Å². The Hall–Kier alpha value is -2.91. The Bertz CT molecular complexity index is 1610. The Kier molecular flexibility index (Phi) is 8.05. The number of nitrogens with zero attached hydrogens (tertiary/aromatic N) is 1. The third-order valence-corrected chi connectivity index (χ3v) is 12.3. The number of hydrogen-bond acceptors (Lipinski definition) is 5. The number of carbonyl (C=O) groups excluding carboxylic acids is 1. The van der Waals surface area contributed by atoms with Gasteiger partial charge in [0.25, 0.3) is 5.91 Å². The molecule has 2 aromatic rings. The number of fused-ring (bicyclic) bond motifs is 3. The van der Waals surface area contributed by atoms with Crippen molar-refractivity contribution >= 4 is 33.3 Å². The second-order valence-electron chi connectivity index (χ2n) is 11.8. The molecule has 2 aromatic carbocycles. The molecule has 0 aromatic heterocycles. The summed E-state index contributed by atoms with van der Waals surface area (Å²) < 4.78 is 123. The molecular formula is C29H27ClF7NO6S. The van der Waals surface area contributed by atoms with E-state index in [0.717, 1.165) is 11.0 Å². The minimum atomic E-state index is -6.38. The van der Waals surface area contributed by atoms with Crippen LogP contribution in [0.4, 0.5) is 30.7 Å². The van der Waals surface area contributed by atoms with E-state index in [0.29, 0.717) is 6.07 Å². The van der Waals surface area contributed by atoms with E-state index in [9.17, 15) is 54.6 Å². The van der Waals surface area contributed by atoms with Gasteiger partial charge in [-0.3, -0.25) is 9.59 Å². The van der Waals surface area contributed by atoms with E-state index in [1.165, 1.54) is 24.3 Å². The fourth-order valence-corrected chi connectivity index (χ4v) is 9.61. The SMILES string of the molecule is O=C(O)C1CCC(O)(C(=O)N2CCC3(S(=O)(=O)c4ccc(Cl)cc4)c4ccc(C(F)(C(F)(F)F)C(F)(F)F)cc4CCC23)CC1. The van der Waals surface area contributed by atoms with Crippen molar-refractivity contribution in [2.24, 2.45) is 5.92 Å². The van der Waals surface area contributed by atoms with E-state index in [1.807, 2.05) is 0 Å². The topological polar surface area (TPSA) is 112 Å². The van der Waals surface area contributed by atoms with Gasteiger partial charge >= 0.3 is 24.0 Å². The number of halogens is 8. The van der Waals surface area contributed by atoms with Crippen LogP contribution in [0.2, 0.25) is 5.02 Å². The van der Waals surface area contributed by atoms with Crippen LogP contribution in [0.25, 0.3) is 0 Å². The maximum absolute atomic E-state index is 15.0. The summed E-state index contributed by atoms with van der Waals surface area (Å²) in [5.74, 6) is -2.72. The molecule has 0 radical (unpaired) electrons. The number of aliphatic carboxylic acids is 1. The third-order valence-electron chi connectivity index (χ3n) is 9.49. The van der Waals surface area contributed by atoms with Crippen molar-refractivity contribution < 1.29 is 59.0 Å². The minimum Gasteiger partial charge on any atom is -0.481 e. The number of rotatable bonds is 5. The Morgan fingerprint density at radius 2 is 1.47 bits per heavy atom. The van der Waals surface area contributed by atoms with Crippen LogP contribution in [0.5, 0.6) is 0 Å². The monoisotopic (exact) mass is 685 g/mol. The molecule has 3 aliphatic rings. The zero-order chi connectivity index (χ0) is 33.4. The van der Waals surface area contributed by atoms with Gasteiger partial charge < -0.3 is 15.1 Å². The Labute approximate surface area is 257 Å². The Morgan fingerprint density at radius 3 is 2.00 bits per heavy atom. The maximum atomic E-state index is 15.0. The molecule has 2 N–H and O–H groups in total. The lowest BCUT2D eigenvalue weighted by Crippen LogP contribution is -2.57. The number of aryl methyl sites for hydroxylation is 1. The van der Waals surface area contributed by atoms with E-state index >= 15 is 4.39 Å². The summed E-state index contributed by atoms with van der Waals surface area (Å²) >= 11 is 5.94. The summed E-state index contributed by atoms with van der Waals surface area (Å²) in [7, 11) is -4.58. The van der Waals surface area contributed by atoms with Crippen LogP contribution in [0.15, 0.2) is 47.4 Å². The van der Waals surface area contributed by atoms with Crippen molar-refractivity contribution in [2.45, 2.75) is 84.3 Å². The number of sulfone groups is 1. The van der Waals surface area contributed by atoms with Gasteiger partial charge in [0, 0.05) is 17.1 Å². The van der Waals surface area contributed by atoms with Crippen LogP contribution in [0.3, 0.4) is 0 Å². The first-order valence-corrected chi connectivity index (χ1v) is 15.8. The highest BCUT2D eigenvalue weighted by atomic mass is 35.5. The van der Waals surface area contributed by atoms with Crippen LogP contribution in [-0.4, -0.2) is 65.9 Å². The van der Waals surface area contributed by atoms with Crippen molar-refractivity contribution in [2.75, 3.05) is 6.54 Å². The number of alkyl halides is 7. The molecule has 5 rings (SSSR count). The zero-order valence-corrected chi connectivity index (χ0v) is 24.8. The van der Waals surface area contributed by atoms with Gasteiger partial charge in [0.05, 0.1) is 16.9 Å². The summed E-state index contributed by atoms with van der Waals surface area (Å²) in [6.07, 6.45) is -14.1. The summed E-state index contributed by atoms with van der Waals surface area (Å²) in [6, 6.07) is 5.09. The van der Waals surface area contributed by atoms with Gasteiger partial charge in [-0.15, -0.1) is 0 Å². The summed E-state index contributed by atoms with van der Waals surface area (Å²) in [5.41, 5.74) is -9.94. The molecular weight excluding hydrogens is 659 g/mol. The normalized spacial score (nSPS) is 27.5. The lowest BCUT2D eigenvalue weighted by atomic mass is 9.75. The molecule has 246 valence electrons. The van der Waals surface area contributed by atoms with Crippen molar-refractivity contribution in [3.63, 3.8) is 0 Å². The van der Waals surface area contributed by atoms with Crippen LogP contribution in [0, 0.1) is 5.92 Å². The van der Waals surface area contributed by atoms with Gasteiger partial charge in [0.2, 0.25) is 0 Å². The second-order valence-corrected chi connectivity index (χ2v) is 14.5. The van der Waals surface area contributed by atoms with E-state index in [-0.39, 0.29) is 78.6 Å². The minimum absolute atomic E-state index is 0.0146. The molecule has 16 heteroatoms. The van der Waals surface area contributed by atoms with Gasteiger partial charge in [-0.05, 0) is 80.3 Å². The first-order valence-electron chi connectivity index (χ1n) is 13.9. The number of carboxylic acids is 1. The molecule has 1 aliphatic heterocycles. The molecule has 1 saturated heterocycles. The largest absolute Gasteiger partial charge is 0.481 e. The van der Waals surface area contributed by atoms with Crippen molar-refractivity contribution in [3.05, 3.63) is 64.2 Å². The number of amides is 1. The van der Waals surface area contributed by atoms with E-state index in [4.69, 9.17) is 11.6 Å². The molecule has 2 aliphatic carbocycles. The molecule has 1 amide bonds. The summed E-state index contributed by atoms with van der Waals surface area (Å²) in [4.78, 5) is 26.1. The molecule has 7 nitrogen and oxygen atoms in total. The Morgan fingerprint density at radius 1 is 0.889 bits per heavy atom. The molecule has 0 bridgehead atoms. The molecule has 1 saturated carbocycles. The Balaban J connectivity index is 1.64. The van der Waals surface area contributed by atoms with Crippen LogP contribution in [-0.2, 0) is 36.3 Å². The third kappa shape index (κ3) is 5.00. The fraction of sp³-hybridized carbons (Fsp3) is 0.517. The molecule has 2 atom stereocenters. The molecule has 1 heterocycles. The quantitative estimate of drug-likeness (QED) is 0.382. The first kappa shape index (κ1) is 33.5. The number of aliphatic hydroxyl groups is 1.